The minimum atomic E-state index is -0.788. The molecule has 1 N–H and O–H groups in total. The van der Waals surface area contributed by atoms with Crippen molar-refractivity contribution in [2.24, 2.45) is 0 Å². The molecule has 0 aliphatic carbocycles. The molecule has 1 atom stereocenters. The van der Waals surface area contributed by atoms with Crippen LogP contribution in [0, 0.1) is 0 Å². The maximum absolute atomic E-state index is 12.2. The van der Waals surface area contributed by atoms with Crippen LogP contribution in [-0.4, -0.2) is 36.4 Å². The van der Waals surface area contributed by atoms with Gasteiger partial charge < -0.3 is 14.6 Å². The van der Waals surface area contributed by atoms with Gasteiger partial charge in [-0.05, 0) is 77.0 Å². The largest absolute Gasteiger partial charge is 0.462 e. The number of hydrogen-bond donors (Lipinski definition) is 1. The van der Waals surface area contributed by atoms with Crippen molar-refractivity contribution in [2.45, 2.75) is 174 Å². The molecule has 0 aromatic rings. The highest BCUT2D eigenvalue weighted by molar-refractivity contribution is 5.70. The average molecular weight is 721 g/mol. The summed E-state index contributed by atoms with van der Waals surface area (Å²) in [4.78, 5) is 24.2. The van der Waals surface area contributed by atoms with E-state index in [1.54, 1.807) is 0 Å². The number of aliphatic hydroxyl groups excluding tert-OH is 1. The number of aliphatic hydroxyl groups is 1. The van der Waals surface area contributed by atoms with Gasteiger partial charge in [-0.3, -0.25) is 9.59 Å². The maximum Gasteiger partial charge on any atom is 0.306 e. The number of ether oxygens (including phenoxy) is 2. The molecule has 0 spiro atoms. The van der Waals surface area contributed by atoms with Crippen molar-refractivity contribution in [3.8, 4) is 0 Å². The van der Waals surface area contributed by atoms with Crippen molar-refractivity contribution < 1.29 is 24.2 Å². The van der Waals surface area contributed by atoms with E-state index in [0.29, 0.717) is 12.8 Å². The van der Waals surface area contributed by atoms with Crippen molar-refractivity contribution in [2.75, 3.05) is 13.2 Å². The molecular weight excluding hydrogens is 645 g/mol. The molecule has 0 aliphatic heterocycles. The normalized spacial score (nSPS) is 13.2. The molecule has 0 saturated carbocycles. The van der Waals surface area contributed by atoms with Gasteiger partial charge in [0.25, 0.3) is 0 Å². The van der Waals surface area contributed by atoms with Crippen LogP contribution in [0.15, 0.2) is 97.2 Å². The molecule has 0 saturated heterocycles. The first-order valence-corrected chi connectivity index (χ1v) is 20.8. The summed E-state index contributed by atoms with van der Waals surface area (Å²) in [7, 11) is 0. The van der Waals surface area contributed by atoms with Gasteiger partial charge in [0, 0.05) is 12.8 Å². The van der Waals surface area contributed by atoms with Gasteiger partial charge >= 0.3 is 11.9 Å². The third-order valence-corrected chi connectivity index (χ3v) is 8.39. The quantitative estimate of drug-likeness (QED) is 0.0396. The molecule has 0 aromatic carbocycles. The van der Waals surface area contributed by atoms with E-state index in [1.165, 1.54) is 38.5 Å². The fourth-order valence-corrected chi connectivity index (χ4v) is 5.27. The summed E-state index contributed by atoms with van der Waals surface area (Å²) in [6.45, 7) is 3.96. The predicted octanol–water partition coefficient (Wildman–Crippen LogP) is 13.3. The van der Waals surface area contributed by atoms with Crippen molar-refractivity contribution in [1.29, 1.82) is 0 Å². The van der Waals surface area contributed by atoms with E-state index in [-0.39, 0.29) is 25.2 Å². The van der Waals surface area contributed by atoms with E-state index in [4.69, 9.17) is 9.47 Å². The number of hydrogen-bond acceptors (Lipinski definition) is 5. The Balaban J connectivity index is 3.68. The average Bonchev–Trinajstić information content (AvgIpc) is 3.15. The van der Waals surface area contributed by atoms with Crippen LogP contribution in [0.3, 0.4) is 0 Å². The van der Waals surface area contributed by atoms with Crippen LogP contribution in [0.4, 0.5) is 0 Å². The van der Waals surface area contributed by atoms with E-state index < -0.39 is 6.10 Å². The molecule has 0 aliphatic rings. The Kier molecular flexibility index (Phi) is 39.7. The Bertz CT molecular complexity index is 1040. The van der Waals surface area contributed by atoms with E-state index in [0.717, 1.165) is 103 Å². The maximum atomic E-state index is 12.2. The lowest BCUT2D eigenvalue weighted by molar-refractivity contribution is -0.161. The van der Waals surface area contributed by atoms with Crippen LogP contribution in [-0.2, 0) is 19.1 Å². The molecular formula is C47H76O5. The minimum Gasteiger partial charge on any atom is -0.462 e. The third kappa shape index (κ3) is 39.6. The van der Waals surface area contributed by atoms with Gasteiger partial charge in [-0.2, -0.15) is 0 Å². The van der Waals surface area contributed by atoms with Crippen LogP contribution in [0.25, 0.3) is 0 Å². The van der Waals surface area contributed by atoms with Crippen LogP contribution in [0.2, 0.25) is 0 Å². The molecule has 0 radical (unpaired) electrons. The standard InChI is InChI=1S/C47H76O5/c1-3-5-7-9-11-13-14-15-16-17-18-19-20-21-22-23-24-25-26-27-28-29-30-31-32-34-36-38-40-42-47(50)52-45(43-48)44-51-46(49)41-39-37-35-33-12-10-8-6-4-2/h5,7,11,13,15-16,18-19,21-22,24-25,27-28,30-31,45,48H,3-4,6,8-10,12,14,17,20,23,26,29,32-44H2,1-2H3/b7-5-,13-11-,16-15-,19-18-,22-21-,25-24-,28-27-,31-30-. The monoisotopic (exact) mass is 721 g/mol. The first kappa shape index (κ1) is 48.8. The smallest absolute Gasteiger partial charge is 0.306 e. The minimum absolute atomic E-state index is 0.0808. The van der Waals surface area contributed by atoms with Crippen molar-refractivity contribution in [3.63, 3.8) is 0 Å². The second-order valence-electron chi connectivity index (χ2n) is 13.3. The Morgan fingerprint density at radius 2 is 0.827 bits per heavy atom. The predicted molar refractivity (Wildman–Crippen MR) is 223 cm³/mol. The van der Waals surface area contributed by atoms with Crippen molar-refractivity contribution in [3.05, 3.63) is 97.2 Å². The van der Waals surface area contributed by atoms with Gasteiger partial charge in [0.05, 0.1) is 6.61 Å². The summed E-state index contributed by atoms with van der Waals surface area (Å²) in [6.07, 6.45) is 59.1. The fourth-order valence-electron chi connectivity index (χ4n) is 5.27. The van der Waals surface area contributed by atoms with Crippen molar-refractivity contribution in [1.82, 2.24) is 0 Å². The molecule has 0 amide bonds. The fraction of sp³-hybridized carbons (Fsp3) is 0.617. The Labute approximate surface area is 319 Å². The van der Waals surface area contributed by atoms with E-state index in [2.05, 4.69) is 111 Å². The molecule has 0 rings (SSSR count). The number of esters is 2. The van der Waals surface area contributed by atoms with Gasteiger partial charge in [-0.1, -0.05) is 175 Å². The van der Waals surface area contributed by atoms with Gasteiger partial charge in [0.15, 0.2) is 6.10 Å². The summed E-state index contributed by atoms with van der Waals surface area (Å²) in [5.74, 6) is -0.631. The molecule has 0 bridgehead atoms. The lowest BCUT2D eigenvalue weighted by Gasteiger charge is -2.15. The Morgan fingerprint density at radius 3 is 1.25 bits per heavy atom. The van der Waals surface area contributed by atoms with Gasteiger partial charge in [0.2, 0.25) is 0 Å². The van der Waals surface area contributed by atoms with Gasteiger partial charge in [-0.25, -0.2) is 0 Å². The van der Waals surface area contributed by atoms with Crippen LogP contribution in [0.1, 0.15) is 168 Å². The summed E-state index contributed by atoms with van der Waals surface area (Å²) in [5.41, 5.74) is 0. The van der Waals surface area contributed by atoms with Crippen LogP contribution >= 0.6 is 0 Å². The molecule has 0 aromatic heterocycles. The molecule has 5 nitrogen and oxygen atoms in total. The first-order valence-electron chi connectivity index (χ1n) is 20.8. The van der Waals surface area contributed by atoms with Crippen LogP contribution in [0.5, 0.6) is 0 Å². The van der Waals surface area contributed by atoms with Crippen molar-refractivity contribution >= 4 is 11.9 Å². The first-order chi connectivity index (χ1) is 25.6. The second-order valence-corrected chi connectivity index (χ2v) is 13.3. The highest BCUT2D eigenvalue weighted by Crippen LogP contribution is 2.12. The number of allylic oxidation sites excluding steroid dienone is 16. The summed E-state index contributed by atoms with van der Waals surface area (Å²) < 4.78 is 10.6. The van der Waals surface area contributed by atoms with Gasteiger partial charge in [0.1, 0.15) is 6.61 Å². The zero-order chi connectivity index (χ0) is 37.8. The lowest BCUT2D eigenvalue weighted by atomic mass is 10.1. The van der Waals surface area contributed by atoms with Gasteiger partial charge in [-0.15, -0.1) is 0 Å². The number of rotatable bonds is 36. The van der Waals surface area contributed by atoms with Crippen LogP contribution < -0.4 is 0 Å². The highest BCUT2D eigenvalue weighted by atomic mass is 16.6. The SMILES string of the molecule is CC/C=C\C/C=C\C/C=C\C/C=C\C/C=C\C/C=C\C/C=C\C/C=C\CCCCCCC(=O)OC(CO)COC(=O)CCCCCCCCCCC. The highest BCUT2D eigenvalue weighted by Gasteiger charge is 2.16. The van der Waals surface area contributed by atoms with E-state index >= 15 is 0 Å². The third-order valence-electron chi connectivity index (χ3n) is 8.39. The molecule has 0 heterocycles. The molecule has 5 heteroatoms. The number of carbonyl (C=O) groups excluding carboxylic acids is 2. The number of unbranched alkanes of at least 4 members (excludes halogenated alkanes) is 12. The Hall–Kier alpha value is -3.18. The molecule has 1 unspecified atom stereocenters. The number of carbonyl (C=O) groups is 2. The topological polar surface area (TPSA) is 72.8 Å². The van der Waals surface area contributed by atoms with E-state index in [9.17, 15) is 14.7 Å². The lowest BCUT2D eigenvalue weighted by Crippen LogP contribution is -2.28. The zero-order valence-corrected chi connectivity index (χ0v) is 33.3. The molecule has 294 valence electrons. The molecule has 0 fully saturated rings. The summed E-state index contributed by atoms with van der Waals surface area (Å²) in [5, 5.41) is 9.53. The van der Waals surface area contributed by atoms with E-state index in [1.807, 2.05) is 0 Å². The zero-order valence-electron chi connectivity index (χ0n) is 33.3. The Morgan fingerprint density at radius 1 is 0.462 bits per heavy atom. The molecule has 52 heavy (non-hydrogen) atoms. The second kappa shape index (κ2) is 42.2. The summed E-state index contributed by atoms with van der Waals surface area (Å²) in [6, 6.07) is 0. The summed E-state index contributed by atoms with van der Waals surface area (Å²) >= 11 is 0.